The minimum absolute atomic E-state index is 0.0192. The fourth-order valence-corrected chi connectivity index (χ4v) is 6.10. The molecule has 40 heavy (non-hydrogen) atoms. The predicted molar refractivity (Wildman–Crippen MR) is 140 cm³/mol. The first-order valence-electron chi connectivity index (χ1n) is 13.0. The number of anilines is 1. The zero-order valence-electron chi connectivity index (χ0n) is 22.3. The van der Waals surface area contributed by atoms with E-state index in [1.165, 1.54) is 29.2 Å². The van der Waals surface area contributed by atoms with Crippen LogP contribution in [0.5, 0.6) is 0 Å². The number of halogens is 2. The van der Waals surface area contributed by atoms with Crippen LogP contribution in [0.4, 0.5) is 24.1 Å². The van der Waals surface area contributed by atoms with Gasteiger partial charge in [-0.2, -0.15) is 5.10 Å². The summed E-state index contributed by atoms with van der Waals surface area (Å²) in [4.78, 5) is 58.3. The number of hydrogen-bond donors (Lipinski definition) is 1. The Bertz CT molecular complexity index is 1650. The molecule has 12 heteroatoms. The molecule has 3 aromatic rings. The topological polar surface area (TPSA) is 116 Å². The van der Waals surface area contributed by atoms with Crippen molar-refractivity contribution < 1.29 is 27.9 Å². The Morgan fingerprint density at radius 3 is 2.42 bits per heavy atom. The van der Waals surface area contributed by atoms with Crippen molar-refractivity contribution in [3.8, 4) is 0 Å². The van der Waals surface area contributed by atoms with Crippen molar-refractivity contribution in [3.05, 3.63) is 69.6 Å². The van der Waals surface area contributed by atoms with Crippen molar-refractivity contribution in [3.63, 3.8) is 0 Å². The number of carbonyl (C=O) groups is 3. The van der Waals surface area contributed by atoms with Crippen LogP contribution in [0.3, 0.4) is 0 Å². The van der Waals surface area contributed by atoms with Crippen molar-refractivity contribution in [2.75, 3.05) is 11.4 Å². The largest absolute Gasteiger partial charge is 0.443 e. The van der Waals surface area contributed by atoms with Crippen molar-refractivity contribution in [2.24, 2.45) is 0 Å². The van der Waals surface area contributed by atoms with E-state index in [1.54, 1.807) is 27.7 Å². The maximum absolute atomic E-state index is 15.0. The zero-order valence-corrected chi connectivity index (χ0v) is 22.3. The third kappa shape index (κ3) is 3.69. The van der Waals surface area contributed by atoms with Gasteiger partial charge in [-0.25, -0.2) is 23.5 Å². The monoisotopic (exact) mass is 551 g/mol. The number of nitrogens with zero attached hydrogens (tertiary/aromatic N) is 4. The van der Waals surface area contributed by atoms with Crippen LogP contribution in [0.2, 0.25) is 0 Å². The number of amides is 4. The van der Waals surface area contributed by atoms with Crippen molar-refractivity contribution in [1.82, 2.24) is 20.0 Å². The van der Waals surface area contributed by atoms with Gasteiger partial charge in [-0.15, -0.1) is 0 Å². The molecule has 0 bridgehead atoms. The molecular weight excluding hydrogens is 524 g/mol. The molecule has 2 saturated heterocycles. The molecule has 3 aliphatic heterocycles. The quantitative estimate of drug-likeness (QED) is 0.467. The lowest BCUT2D eigenvalue weighted by Crippen LogP contribution is -2.51. The first-order chi connectivity index (χ1) is 18.8. The highest BCUT2D eigenvalue weighted by Gasteiger charge is 2.61. The number of ether oxygens (including phenoxy) is 1. The van der Waals surface area contributed by atoms with Crippen LogP contribution in [0.25, 0.3) is 10.8 Å². The molecule has 6 rings (SSSR count). The number of H-pyrrole nitrogens is 1. The number of imide groups is 1. The first kappa shape index (κ1) is 25.9. The number of urea groups is 1. The highest BCUT2D eigenvalue weighted by Crippen LogP contribution is 2.52. The maximum Gasteiger partial charge on any atom is 0.415 e. The van der Waals surface area contributed by atoms with E-state index < -0.39 is 58.4 Å². The molecule has 0 saturated carbocycles. The first-order valence-corrected chi connectivity index (χ1v) is 13.0. The molecule has 2 aromatic carbocycles. The van der Waals surface area contributed by atoms with Crippen LogP contribution < -0.4 is 10.5 Å². The van der Waals surface area contributed by atoms with Gasteiger partial charge in [-0.1, -0.05) is 12.1 Å². The molecule has 2 unspecified atom stereocenters. The summed E-state index contributed by atoms with van der Waals surface area (Å²) in [7, 11) is 0. The predicted octanol–water partition coefficient (Wildman–Crippen LogP) is 4.56. The zero-order chi connectivity index (χ0) is 28.7. The van der Waals surface area contributed by atoms with Gasteiger partial charge in [0.2, 0.25) is 0 Å². The smallest absolute Gasteiger partial charge is 0.415 e. The molecule has 1 aromatic heterocycles. The van der Waals surface area contributed by atoms with Gasteiger partial charge in [0.1, 0.15) is 28.8 Å². The molecule has 208 valence electrons. The van der Waals surface area contributed by atoms with E-state index in [0.29, 0.717) is 24.9 Å². The normalized spacial score (nSPS) is 24.2. The molecule has 0 aliphatic carbocycles. The summed E-state index contributed by atoms with van der Waals surface area (Å²) in [6.07, 6.45) is 0.199. The standard InChI is InChI=1S/C28H27F2N5O5/c1-27(2,3)40-26(39)34-18-13-16(30)12-17-19(18)20(31-32-23(17)36)22(21(34)14-6-8-15(29)9-7-14)35-24(37)28(4)10-5-11-33(28)25(35)38/h6-9,12-13,21-22H,5,10-11H2,1-4H3,(H,32,36)/t21?,22?,28-/m0/s1. The SMILES string of the molecule is CC(C)(C)OC(=O)N1c2cc(F)cc3c(=O)[nH]nc(c23)C(N2C(=O)N3CCC[C@@]3(C)C2=O)C1c1ccc(F)cc1. The average Bonchev–Trinajstić information content (AvgIpc) is 3.35. The lowest BCUT2D eigenvalue weighted by molar-refractivity contribution is -0.134. The number of nitrogens with one attached hydrogen (secondary N) is 1. The van der Waals surface area contributed by atoms with Crippen molar-refractivity contribution in [1.29, 1.82) is 0 Å². The second kappa shape index (κ2) is 8.57. The number of aromatic amines is 1. The van der Waals surface area contributed by atoms with Gasteiger partial charge in [0.15, 0.2) is 0 Å². The van der Waals surface area contributed by atoms with Crippen LogP contribution in [0.1, 0.15) is 63.9 Å². The summed E-state index contributed by atoms with van der Waals surface area (Å²) < 4.78 is 34.7. The summed E-state index contributed by atoms with van der Waals surface area (Å²) >= 11 is 0. The fraction of sp³-hybridized carbons (Fsp3) is 0.393. The molecule has 2 fully saturated rings. The molecule has 1 N–H and O–H groups in total. The van der Waals surface area contributed by atoms with Gasteiger partial charge >= 0.3 is 12.1 Å². The Kier molecular flexibility index (Phi) is 5.55. The van der Waals surface area contributed by atoms with Crippen LogP contribution in [0.15, 0.2) is 41.2 Å². The van der Waals surface area contributed by atoms with Crippen LogP contribution >= 0.6 is 0 Å². The molecule has 3 aliphatic rings. The molecular formula is C28H27F2N5O5. The Balaban J connectivity index is 1.68. The summed E-state index contributed by atoms with van der Waals surface area (Å²) in [5.41, 5.74) is -2.36. The third-order valence-electron chi connectivity index (χ3n) is 7.82. The van der Waals surface area contributed by atoms with Crippen molar-refractivity contribution >= 4 is 34.5 Å². The van der Waals surface area contributed by atoms with E-state index in [0.717, 1.165) is 21.9 Å². The number of carbonyl (C=O) groups excluding carboxylic acids is 3. The molecule has 0 radical (unpaired) electrons. The van der Waals surface area contributed by atoms with Gasteiger partial charge in [0.25, 0.3) is 11.5 Å². The molecule has 3 atom stereocenters. The average molecular weight is 552 g/mol. The number of aromatic nitrogens is 2. The molecule has 4 amide bonds. The van der Waals surface area contributed by atoms with E-state index >= 15 is 0 Å². The Morgan fingerprint density at radius 1 is 1.07 bits per heavy atom. The summed E-state index contributed by atoms with van der Waals surface area (Å²) in [5, 5.41) is 6.62. The number of hydrogen-bond acceptors (Lipinski definition) is 6. The fourth-order valence-electron chi connectivity index (χ4n) is 6.10. The van der Waals surface area contributed by atoms with E-state index in [9.17, 15) is 28.0 Å². The van der Waals surface area contributed by atoms with Gasteiger partial charge in [0.05, 0.1) is 22.8 Å². The number of benzene rings is 2. The minimum atomic E-state index is -1.25. The second-order valence-electron chi connectivity index (χ2n) is 11.6. The van der Waals surface area contributed by atoms with E-state index in [2.05, 4.69) is 10.2 Å². The second-order valence-corrected chi connectivity index (χ2v) is 11.6. The van der Waals surface area contributed by atoms with E-state index in [4.69, 9.17) is 4.74 Å². The van der Waals surface area contributed by atoms with E-state index in [-0.39, 0.29) is 22.2 Å². The molecule has 10 nitrogen and oxygen atoms in total. The summed E-state index contributed by atoms with van der Waals surface area (Å²) in [5.74, 6) is -1.82. The Hall–Kier alpha value is -4.35. The Labute approximate surface area is 227 Å². The third-order valence-corrected chi connectivity index (χ3v) is 7.82. The van der Waals surface area contributed by atoms with Crippen molar-refractivity contribution in [2.45, 2.75) is 63.8 Å². The van der Waals surface area contributed by atoms with Crippen LogP contribution in [-0.4, -0.2) is 55.7 Å². The van der Waals surface area contributed by atoms with Gasteiger partial charge in [-0.3, -0.25) is 19.4 Å². The van der Waals surface area contributed by atoms with Gasteiger partial charge in [-0.05, 0) is 70.4 Å². The lowest BCUT2D eigenvalue weighted by atomic mass is 9.86. The highest BCUT2D eigenvalue weighted by molar-refractivity contribution is 6.10. The number of rotatable bonds is 2. The Morgan fingerprint density at radius 2 is 1.77 bits per heavy atom. The number of fused-ring (bicyclic) bond motifs is 1. The van der Waals surface area contributed by atoms with E-state index in [1.807, 2.05) is 0 Å². The lowest BCUT2D eigenvalue weighted by Gasteiger charge is -2.44. The summed E-state index contributed by atoms with van der Waals surface area (Å²) in [6.45, 7) is 7.04. The minimum Gasteiger partial charge on any atom is -0.443 e. The molecule has 0 spiro atoms. The maximum atomic E-state index is 15.0. The summed E-state index contributed by atoms with van der Waals surface area (Å²) in [6, 6.07) is 4.29. The molecule has 4 heterocycles. The highest BCUT2D eigenvalue weighted by atomic mass is 19.1. The van der Waals surface area contributed by atoms with Gasteiger partial charge < -0.3 is 9.64 Å². The van der Waals surface area contributed by atoms with Gasteiger partial charge in [0, 0.05) is 11.9 Å². The van der Waals surface area contributed by atoms with Crippen LogP contribution in [0, 0.1) is 11.6 Å². The van der Waals surface area contributed by atoms with Crippen LogP contribution in [-0.2, 0) is 9.53 Å².